The number of hydrogen-bond acceptors (Lipinski definition) is 6. The van der Waals surface area contributed by atoms with E-state index in [-0.39, 0.29) is 11.1 Å². The molecule has 0 saturated heterocycles. The summed E-state index contributed by atoms with van der Waals surface area (Å²) >= 11 is 0. The Morgan fingerprint density at radius 3 is 0.875 bits per heavy atom. The second-order valence-electron chi connectivity index (χ2n) is 13.3. The van der Waals surface area contributed by atoms with Crippen LogP contribution in [0.4, 0.5) is 34.1 Å². The highest BCUT2D eigenvalue weighted by Gasteiger charge is 2.18. The van der Waals surface area contributed by atoms with Gasteiger partial charge in [0.05, 0.1) is 33.2 Å². The first-order chi connectivity index (χ1) is 27.7. The Kier molecular flexibility index (Phi) is 8.89. The van der Waals surface area contributed by atoms with Crippen LogP contribution in [0, 0.1) is 22.7 Å². The molecule has 56 heavy (non-hydrogen) atoms. The average Bonchev–Trinajstić information content (AvgIpc) is 3.27. The molecule has 0 saturated carbocycles. The highest BCUT2D eigenvalue weighted by molar-refractivity contribution is 5.97. The molecule has 0 unspecified atom stereocenters. The van der Waals surface area contributed by atoms with Crippen molar-refractivity contribution in [2.75, 3.05) is 9.80 Å². The van der Waals surface area contributed by atoms with Crippen molar-refractivity contribution in [3.63, 3.8) is 0 Å². The van der Waals surface area contributed by atoms with Gasteiger partial charge in [-0.3, -0.25) is 0 Å². The van der Waals surface area contributed by atoms with Gasteiger partial charge in [-0.1, -0.05) is 97.1 Å². The van der Waals surface area contributed by atoms with Crippen LogP contribution in [0.1, 0.15) is 11.1 Å². The van der Waals surface area contributed by atoms with E-state index in [1.165, 1.54) is 0 Å². The average molecular weight is 717 g/mol. The molecule has 9 aromatic rings. The normalized spacial score (nSPS) is 10.8. The first kappa shape index (κ1) is 33.8. The summed E-state index contributed by atoms with van der Waals surface area (Å²) in [5.74, 6) is 0. The fraction of sp³-hybridized carbons (Fsp3) is 0. The van der Waals surface area contributed by atoms with Gasteiger partial charge in [-0.25, -0.2) is 9.97 Å². The van der Waals surface area contributed by atoms with E-state index in [0.717, 1.165) is 56.4 Å². The molecule has 0 spiro atoms. The Balaban J connectivity index is 1.19. The predicted molar refractivity (Wildman–Crippen MR) is 227 cm³/mol. The third-order valence-corrected chi connectivity index (χ3v) is 9.88. The summed E-state index contributed by atoms with van der Waals surface area (Å²) in [5.41, 5.74) is 13.4. The lowest BCUT2D eigenvalue weighted by Gasteiger charge is -2.26. The number of fused-ring (bicyclic) bond motifs is 2. The Bertz CT molecular complexity index is 2620. The molecule has 8 aromatic carbocycles. The molecular weight excluding hydrogens is 685 g/mol. The molecule has 262 valence electrons. The van der Waals surface area contributed by atoms with E-state index in [1.54, 1.807) is 12.1 Å². The third-order valence-electron chi connectivity index (χ3n) is 9.88. The number of para-hydroxylation sites is 4. The maximum absolute atomic E-state index is 9.71. The standard InChI is InChI=1S/C50H32N6/c51-33-37-29-47-48(30-38(37)34-52)54-50-32-46(36-23-27-44(28-24-36)56(41-17-9-3-10-18-41)42-19-11-4-12-20-42)45(31-49(50)53-47)35-21-25-43(26-22-35)55(39-13-5-1-6-14-39)40-15-7-2-8-16-40/h1-32H. The van der Waals surface area contributed by atoms with E-state index in [4.69, 9.17) is 9.97 Å². The van der Waals surface area contributed by atoms with Crippen LogP contribution in [0.5, 0.6) is 0 Å². The summed E-state index contributed by atoms with van der Waals surface area (Å²) < 4.78 is 0. The zero-order valence-corrected chi connectivity index (χ0v) is 30.2. The smallest absolute Gasteiger partial charge is 0.101 e. The van der Waals surface area contributed by atoms with Crippen molar-refractivity contribution in [1.29, 1.82) is 10.5 Å². The van der Waals surface area contributed by atoms with Gasteiger partial charge < -0.3 is 9.80 Å². The molecular formula is C50H32N6. The molecule has 0 fully saturated rings. The van der Waals surface area contributed by atoms with E-state index >= 15 is 0 Å². The minimum absolute atomic E-state index is 0.280. The third kappa shape index (κ3) is 6.45. The minimum Gasteiger partial charge on any atom is -0.311 e. The number of anilines is 6. The van der Waals surface area contributed by atoms with Crippen molar-refractivity contribution in [2.24, 2.45) is 0 Å². The van der Waals surface area contributed by atoms with Gasteiger partial charge in [-0.2, -0.15) is 10.5 Å². The monoisotopic (exact) mass is 716 g/mol. The summed E-state index contributed by atoms with van der Waals surface area (Å²) in [6.07, 6.45) is 0. The Morgan fingerprint density at radius 2 is 0.589 bits per heavy atom. The van der Waals surface area contributed by atoms with Crippen LogP contribution in [-0.4, -0.2) is 9.97 Å². The van der Waals surface area contributed by atoms with Crippen molar-refractivity contribution in [1.82, 2.24) is 9.97 Å². The van der Waals surface area contributed by atoms with Gasteiger partial charge in [0.1, 0.15) is 12.1 Å². The molecule has 0 bridgehead atoms. The van der Waals surface area contributed by atoms with Crippen molar-refractivity contribution < 1.29 is 0 Å². The zero-order valence-electron chi connectivity index (χ0n) is 30.2. The van der Waals surface area contributed by atoms with Crippen LogP contribution in [0.25, 0.3) is 44.3 Å². The second-order valence-corrected chi connectivity index (χ2v) is 13.3. The Morgan fingerprint density at radius 1 is 0.321 bits per heavy atom. The first-order valence-corrected chi connectivity index (χ1v) is 18.3. The summed E-state index contributed by atoms with van der Waals surface area (Å²) in [6.45, 7) is 0. The molecule has 6 nitrogen and oxygen atoms in total. The minimum atomic E-state index is 0.280. The number of hydrogen-bond donors (Lipinski definition) is 0. The van der Waals surface area contributed by atoms with Gasteiger partial charge in [0.15, 0.2) is 0 Å². The van der Waals surface area contributed by atoms with Crippen molar-refractivity contribution in [3.05, 3.63) is 205 Å². The lowest BCUT2D eigenvalue weighted by molar-refractivity contribution is 1.28. The number of rotatable bonds is 8. The summed E-state index contributed by atoms with van der Waals surface area (Å²) in [7, 11) is 0. The maximum Gasteiger partial charge on any atom is 0.101 e. The first-order valence-electron chi connectivity index (χ1n) is 18.3. The van der Waals surface area contributed by atoms with Crippen molar-refractivity contribution >= 4 is 56.2 Å². The summed E-state index contributed by atoms with van der Waals surface area (Å²) in [6, 6.07) is 70.4. The van der Waals surface area contributed by atoms with Crippen LogP contribution in [0.3, 0.4) is 0 Å². The molecule has 0 atom stereocenters. The largest absolute Gasteiger partial charge is 0.311 e. The van der Waals surface area contributed by atoms with E-state index in [2.05, 4.69) is 180 Å². The fourth-order valence-corrected chi connectivity index (χ4v) is 7.22. The molecule has 0 aliphatic rings. The van der Waals surface area contributed by atoms with Crippen LogP contribution in [0.15, 0.2) is 194 Å². The Labute approximate surface area is 325 Å². The van der Waals surface area contributed by atoms with Crippen molar-refractivity contribution in [2.45, 2.75) is 0 Å². The molecule has 0 radical (unpaired) electrons. The second kappa shape index (κ2) is 14.8. The predicted octanol–water partition coefficient (Wildman–Crippen LogP) is 12.8. The quantitative estimate of drug-likeness (QED) is 0.146. The lowest BCUT2D eigenvalue weighted by atomic mass is 9.93. The molecule has 1 heterocycles. The number of benzene rings is 8. The highest BCUT2D eigenvalue weighted by atomic mass is 15.1. The van der Waals surface area contributed by atoms with Crippen LogP contribution in [-0.2, 0) is 0 Å². The van der Waals surface area contributed by atoms with Gasteiger partial charge in [-0.15, -0.1) is 0 Å². The van der Waals surface area contributed by atoms with Crippen LogP contribution < -0.4 is 9.80 Å². The molecule has 0 N–H and O–H groups in total. The summed E-state index contributed by atoms with van der Waals surface area (Å²) in [4.78, 5) is 14.4. The lowest BCUT2D eigenvalue weighted by Crippen LogP contribution is -2.09. The van der Waals surface area contributed by atoms with Gasteiger partial charge in [0.25, 0.3) is 0 Å². The fourth-order valence-electron chi connectivity index (χ4n) is 7.22. The molecule has 0 aliphatic heterocycles. The molecule has 1 aromatic heterocycles. The molecule has 0 aliphatic carbocycles. The zero-order chi connectivity index (χ0) is 37.8. The number of aromatic nitrogens is 2. The van der Waals surface area contributed by atoms with Gasteiger partial charge in [0, 0.05) is 34.1 Å². The molecule has 6 heteroatoms. The molecule has 0 amide bonds. The topological polar surface area (TPSA) is 79.8 Å². The van der Waals surface area contributed by atoms with Crippen molar-refractivity contribution in [3.8, 4) is 34.4 Å². The summed E-state index contributed by atoms with van der Waals surface area (Å²) in [5, 5.41) is 19.4. The van der Waals surface area contributed by atoms with E-state index < -0.39 is 0 Å². The van der Waals surface area contributed by atoms with E-state index in [9.17, 15) is 10.5 Å². The SMILES string of the molecule is N#Cc1cc2nc3cc(-c4ccc(N(c5ccccc5)c5ccccc5)cc4)c(-c4ccc(N(c5ccccc5)c5ccccc5)cc4)cc3nc2cc1C#N. The maximum atomic E-state index is 9.71. The van der Waals surface area contributed by atoms with Gasteiger partial charge in [0.2, 0.25) is 0 Å². The van der Waals surface area contributed by atoms with E-state index in [0.29, 0.717) is 22.1 Å². The number of nitriles is 2. The Hall–Kier alpha value is -8.06. The number of nitrogens with zero attached hydrogens (tertiary/aromatic N) is 6. The van der Waals surface area contributed by atoms with Crippen LogP contribution >= 0.6 is 0 Å². The van der Waals surface area contributed by atoms with Gasteiger partial charge >= 0.3 is 0 Å². The van der Waals surface area contributed by atoms with E-state index in [1.807, 2.05) is 24.3 Å². The molecule has 9 rings (SSSR count). The highest BCUT2D eigenvalue weighted by Crippen LogP contribution is 2.41. The van der Waals surface area contributed by atoms with Gasteiger partial charge in [-0.05, 0) is 119 Å². The van der Waals surface area contributed by atoms with Crippen LogP contribution in [0.2, 0.25) is 0 Å².